The number of halogens is 2. The number of alkyl halides is 1. The Morgan fingerprint density at radius 2 is 2.12 bits per heavy atom. The van der Waals surface area contributed by atoms with Gasteiger partial charge in [-0.05, 0) is 30.5 Å². The van der Waals surface area contributed by atoms with E-state index in [4.69, 9.17) is 11.6 Å². The molecule has 0 N–H and O–H groups in total. The van der Waals surface area contributed by atoms with Crippen molar-refractivity contribution in [1.29, 1.82) is 0 Å². The minimum atomic E-state index is 0.129. The van der Waals surface area contributed by atoms with Gasteiger partial charge in [-0.1, -0.05) is 28.1 Å². The van der Waals surface area contributed by atoms with Gasteiger partial charge in [0.1, 0.15) is 0 Å². The van der Waals surface area contributed by atoms with E-state index in [0.717, 1.165) is 16.6 Å². The normalized spacial score (nSPS) is 21.9. The molecular formula is C13H15BrClNO. The number of rotatable bonds is 3. The zero-order valence-corrected chi connectivity index (χ0v) is 12.0. The summed E-state index contributed by atoms with van der Waals surface area (Å²) >= 11 is 9.24. The quantitative estimate of drug-likeness (QED) is 0.780. The van der Waals surface area contributed by atoms with Gasteiger partial charge >= 0.3 is 0 Å². The van der Waals surface area contributed by atoms with Crippen molar-refractivity contribution in [2.45, 2.75) is 19.4 Å². The SMILES string of the molecule is CC(c1ccc(Br)cc1)N1CC(CCl)CC1=O. The summed E-state index contributed by atoms with van der Waals surface area (Å²) in [5.74, 6) is 1.09. The number of hydrogen-bond donors (Lipinski definition) is 0. The largest absolute Gasteiger partial charge is 0.336 e. The lowest BCUT2D eigenvalue weighted by molar-refractivity contribution is -0.129. The first kappa shape index (κ1) is 12.9. The summed E-state index contributed by atoms with van der Waals surface area (Å²) < 4.78 is 1.06. The highest BCUT2D eigenvalue weighted by atomic mass is 79.9. The van der Waals surface area contributed by atoms with Gasteiger partial charge in [0.2, 0.25) is 5.91 Å². The standard InChI is InChI=1S/C13H15BrClNO/c1-9(11-2-4-12(14)5-3-11)16-8-10(7-15)6-13(16)17/h2-5,9-10H,6-8H2,1H3. The molecule has 2 atom stereocenters. The molecule has 1 heterocycles. The predicted molar refractivity (Wildman–Crippen MR) is 73.1 cm³/mol. The Bertz CT molecular complexity index is 406. The van der Waals surface area contributed by atoms with Crippen LogP contribution in [0.1, 0.15) is 24.9 Å². The van der Waals surface area contributed by atoms with Crippen LogP contribution < -0.4 is 0 Å². The zero-order chi connectivity index (χ0) is 12.4. The topological polar surface area (TPSA) is 20.3 Å². The fraction of sp³-hybridized carbons (Fsp3) is 0.462. The van der Waals surface area contributed by atoms with E-state index in [2.05, 4.69) is 35.0 Å². The van der Waals surface area contributed by atoms with Crippen LogP contribution in [-0.4, -0.2) is 23.2 Å². The van der Waals surface area contributed by atoms with Crippen LogP contribution in [0, 0.1) is 5.92 Å². The Hall–Kier alpha value is -0.540. The Morgan fingerprint density at radius 1 is 1.47 bits per heavy atom. The molecular weight excluding hydrogens is 302 g/mol. The Morgan fingerprint density at radius 3 is 2.65 bits per heavy atom. The Labute approximate surface area is 115 Å². The molecule has 1 fully saturated rings. The van der Waals surface area contributed by atoms with E-state index in [0.29, 0.717) is 18.2 Å². The molecule has 1 saturated heterocycles. The molecule has 1 aromatic rings. The van der Waals surface area contributed by atoms with Gasteiger partial charge in [0.15, 0.2) is 0 Å². The summed E-state index contributed by atoms with van der Waals surface area (Å²) in [5.41, 5.74) is 1.16. The molecule has 1 aliphatic rings. The fourth-order valence-electron chi connectivity index (χ4n) is 2.21. The minimum absolute atomic E-state index is 0.129. The summed E-state index contributed by atoms with van der Waals surface area (Å²) in [6, 6.07) is 8.24. The second-order valence-electron chi connectivity index (χ2n) is 4.50. The van der Waals surface area contributed by atoms with Crippen LogP contribution in [0.4, 0.5) is 0 Å². The molecule has 92 valence electrons. The summed E-state index contributed by atoms with van der Waals surface area (Å²) in [7, 11) is 0. The summed E-state index contributed by atoms with van der Waals surface area (Å²) in [4.78, 5) is 13.8. The highest BCUT2D eigenvalue weighted by molar-refractivity contribution is 9.10. The van der Waals surface area contributed by atoms with E-state index in [-0.39, 0.29) is 11.9 Å². The Kier molecular flexibility index (Phi) is 4.10. The lowest BCUT2D eigenvalue weighted by Gasteiger charge is -2.25. The van der Waals surface area contributed by atoms with Crippen LogP contribution in [0.3, 0.4) is 0 Å². The van der Waals surface area contributed by atoms with Crippen molar-refractivity contribution in [3.05, 3.63) is 34.3 Å². The van der Waals surface area contributed by atoms with E-state index in [1.807, 2.05) is 17.0 Å². The van der Waals surface area contributed by atoms with E-state index in [9.17, 15) is 4.79 Å². The van der Waals surface area contributed by atoms with E-state index >= 15 is 0 Å². The number of hydrogen-bond acceptors (Lipinski definition) is 1. The monoisotopic (exact) mass is 315 g/mol. The van der Waals surface area contributed by atoms with Crippen molar-refractivity contribution in [2.75, 3.05) is 12.4 Å². The van der Waals surface area contributed by atoms with Crippen molar-refractivity contribution in [1.82, 2.24) is 4.90 Å². The van der Waals surface area contributed by atoms with Gasteiger partial charge in [-0.25, -0.2) is 0 Å². The smallest absolute Gasteiger partial charge is 0.223 e. The molecule has 2 nitrogen and oxygen atoms in total. The van der Waals surface area contributed by atoms with Crippen LogP contribution in [0.15, 0.2) is 28.7 Å². The number of amides is 1. The van der Waals surface area contributed by atoms with Gasteiger partial charge < -0.3 is 4.90 Å². The average Bonchev–Trinajstić information content (AvgIpc) is 2.71. The van der Waals surface area contributed by atoms with Gasteiger partial charge in [-0.15, -0.1) is 11.6 Å². The zero-order valence-electron chi connectivity index (χ0n) is 9.70. The number of benzene rings is 1. The number of carbonyl (C=O) groups excluding carboxylic acids is 1. The number of carbonyl (C=O) groups is 1. The van der Waals surface area contributed by atoms with Gasteiger partial charge in [0.05, 0.1) is 6.04 Å². The molecule has 0 aromatic heterocycles. The molecule has 1 amide bonds. The highest BCUT2D eigenvalue weighted by Crippen LogP contribution is 2.29. The molecule has 17 heavy (non-hydrogen) atoms. The van der Waals surface area contributed by atoms with Gasteiger partial charge in [0.25, 0.3) is 0 Å². The predicted octanol–water partition coefficient (Wildman–Crippen LogP) is 3.60. The third kappa shape index (κ3) is 2.83. The summed E-state index contributed by atoms with van der Waals surface area (Å²) in [5, 5.41) is 0. The van der Waals surface area contributed by atoms with Gasteiger partial charge in [0, 0.05) is 23.3 Å². The van der Waals surface area contributed by atoms with Gasteiger partial charge in [-0.2, -0.15) is 0 Å². The van der Waals surface area contributed by atoms with Crippen LogP contribution in [0.2, 0.25) is 0 Å². The molecule has 0 saturated carbocycles. The van der Waals surface area contributed by atoms with Crippen LogP contribution in [-0.2, 0) is 4.79 Å². The molecule has 0 spiro atoms. The van der Waals surface area contributed by atoms with Crippen LogP contribution in [0.25, 0.3) is 0 Å². The van der Waals surface area contributed by atoms with Crippen LogP contribution in [0.5, 0.6) is 0 Å². The van der Waals surface area contributed by atoms with Gasteiger partial charge in [-0.3, -0.25) is 4.79 Å². The molecule has 0 radical (unpaired) electrons. The minimum Gasteiger partial charge on any atom is -0.336 e. The van der Waals surface area contributed by atoms with Crippen molar-refractivity contribution in [3.8, 4) is 0 Å². The van der Waals surface area contributed by atoms with Crippen molar-refractivity contribution < 1.29 is 4.79 Å². The maximum atomic E-state index is 11.9. The molecule has 1 aromatic carbocycles. The van der Waals surface area contributed by atoms with Crippen molar-refractivity contribution in [2.24, 2.45) is 5.92 Å². The lowest BCUT2D eigenvalue weighted by Crippen LogP contribution is -2.28. The lowest BCUT2D eigenvalue weighted by atomic mass is 10.1. The number of likely N-dealkylation sites (tertiary alicyclic amines) is 1. The van der Waals surface area contributed by atoms with Crippen molar-refractivity contribution in [3.63, 3.8) is 0 Å². The first-order chi connectivity index (χ1) is 8.11. The van der Waals surface area contributed by atoms with E-state index in [1.54, 1.807) is 0 Å². The Balaban J connectivity index is 2.12. The second kappa shape index (κ2) is 5.40. The third-order valence-corrected chi connectivity index (χ3v) is 4.24. The summed E-state index contributed by atoms with van der Waals surface area (Å²) in [6.45, 7) is 2.84. The molecule has 0 aliphatic carbocycles. The van der Waals surface area contributed by atoms with E-state index < -0.39 is 0 Å². The molecule has 4 heteroatoms. The first-order valence-corrected chi connectivity index (χ1v) is 7.05. The first-order valence-electron chi connectivity index (χ1n) is 5.72. The third-order valence-electron chi connectivity index (χ3n) is 3.28. The maximum Gasteiger partial charge on any atom is 0.223 e. The molecule has 0 bridgehead atoms. The van der Waals surface area contributed by atoms with Crippen molar-refractivity contribution >= 4 is 33.4 Å². The number of nitrogens with zero attached hydrogens (tertiary/aromatic N) is 1. The highest BCUT2D eigenvalue weighted by Gasteiger charge is 2.32. The fourth-order valence-corrected chi connectivity index (χ4v) is 2.68. The van der Waals surface area contributed by atoms with Crippen LogP contribution >= 0.6 is 27.5 Å². The molecule has 2 rings (SSSR count). The average molecular weight is 317 g/mol. The van der Waals surface area contributed by atoms with E-state index in [1.165, 1.54) is 0 Å². The summed E-state index contributed by atoms with van der Waals surface area (Å²) in [6.07, 6.45) is 0.588. The molecule has 1 aliphatic heterocycles. The molecule has 2 unspecified atom stereocenters. The maximum absolute atomic E-state index is 11.9. The second-order valence-corrected chi connectivity index (χ2v) is 5.72.